The molecule has 0 radical (unpaired) electrons. The first-order valence-corrected chi connectivity index (χ1v) is 33.4. The number of halogens is 7. The highest BCUT2D eigenvalue weighted by Crippen LogP contribution is 2.42. The second-order valence-corrected chi connectivity index (χ2v) is 25.8. The molecule has 1 aromatic heterocycles. The van der Waals surface area contributed by atoms with Gasteiger partial charge in [0.15, 0.2) is 52.0 Å². The second kappa shape index (κ2) is 31.3. The fraction of sp³-hybridized carbons (Fsp3) is 0.184. The fourth-order valence-corrected chi connectivity index (χ4v) is 12.9. The number of anilines is 1. The second-order valence-electron chi connectivity index (χ2n) is 23.2. The lowest BCUT2D eigenvalue weighted by atomic mass is 10.1. The molecule has 0 amide bonds. The standard InChI is InChI=1S/C14H8O2S.C10H11NO2.C9H6Cl2O2.C9H7ClO2.C9H5F3O2.C9H8O3.C8H5ClO2.C8H6O2/c15-11-7-17-14-6-9-8-3-1-2-4-12(8)16-13(9)5-10(11)14;1-11(2)7-3-4-8-9(12)6-13-10(8)5-7;1-4-5(10)2-6(11)9-8(4)7(12)3-13-9;1-5-2-3-6(10)8-7(11)4-12-9(5)8;10-9(11,12)5-1-2-8-6(3-5)7(13)4-14-8;1-11-6-2-3-7-8(10)5-12-9(7)4-6;9-5-1-2-8-6(3-5)7(10)4-11-8;9-7-5-10-8-4-2-1-3-6(7)8/h1-6H,7H2;3-5H,6H2,1-2H3;2H,3H2,1H3;2-3H,4H2,1H3;1-3H,4H2;2-4H,5H2,1H3;1-3H,4H2;1-4H,5H2. The van der Waals surface area contributed by atoms with Crippen molar-refractivity contribution in [3.05, 3.63) is 233 Å². The average molecular weight is 1490 g/mol. The fourth-order valence-electron chi connectivity index (χ4n) is 11.0. The van der Waals surface area contributed by atoms with Gasteiger partial charge in [-0.2, -0.15) is 13.2 Å². The number of methoxy groups -OCH3 is 1. The van der Waals surface area contributed by atoms with Crippen LogP contribution in [0.1, 0.15) is 99.6 Å². The molecule has 102 heavy (non-hydrogen) atoms. The third-order valence-electron chi connectivity index (χ3n) is 16.2. The average Bonchev–Trinajstić information content (AvgIpc) is 1.61. The van der Waals surface area contributed by atoms with E-state index in [4.69, 9.17) is 88.7 Å². The summed E-state index contributed by atoms with van der Waals surface area (Å²) in [5, 5.41) is 4.17. The van der Waals surface area contributed by atoms with E-state index < -0.39 is 17.5 Å². The van der Waals surface area contributed by atoms with E-state index in [1.54, 1.807) is 86.5 Å². The number of carbonyl (C=O) groups is 8. The molecule has 0 saturated carbocycles. The monoisotopic (exact) mass is 1480 g/mol. The molecule has 522 valence electrons. The van der Waals surface area contributed by atoms with E-state index in [-0.39, 0.29) is 98.0 Å². The lowest BCUT2D eigenvalue weighted by molar-refractivity contribution is -0.137. The topological polar surface area (TPSA) is 227 Å². The van der Waals surface area contributed by atoms with E-state index in [1.165, 1.54) is 6.07 Å². The normalized spacial score (nSPS) is 14.4. The molecule has 0 fully saturated rings. The van der Waals surface area contributed by atoms with Crippen molar-refractivity contribution in [2.24, 2.45) is 0 Å². The molecule has 0 N–H and O–H groups in total. The van der Waals surface area contributed by atoms with Crippen molar-refractivity contribution < 1.29 is 93.8 Å². The summed E-state index contributed by atoms with van der Waals surface area (Å²) in [5.74, 6) is 5.18. The number of benzene rings is 9. The summed E-state index contributed by atoms with van der Waals surface area (Å²) in [4.78, 5) is 92.6. The van der Waals surface area contributed by atoms with Crippen molar-refractivity contribution in [1.29, 1.82) is 0 Å². The van der Waals surface area contributed by atoms with Gasteiger partial charge in [0.1, 0.15) is 57.2 Å². The highest BCUT2D eigenvalue weighted by atomic mass is 35.5. The maximum Gasteiger partial charge on any atom is 0.416 e. The van der Waals surface area contributed by atoms with E-state index in [0.717, 1.165) is 61.3 Å². The number of furan rings is 1. The molecule has 26 heteroatoms. The van der Waals surface area contributed by atoms with Crippen LogP contribution >= 0.6 is 58.2 Å². The summed E-state index contributed by atoms with van der Waals surface area (Å²) in [7, 11) is 5.50. The third kappa shape index (κ3) is 16.2. The van der Waals surface area contributed by atoms with Crippen molar-refractivity contribution in [3.63, 3.8) is 0 Å². The Morgan fingerprint density at radius 1 is 0.431 bits per heavy atom. The number of ketones is 8. The van der Waals surface area contributed by atoms with E-state index in [2.05, 4.69) is 12.1 Å². The molecule has 0 spiro atoms. The van der Waals surface area contributed by atoms with Gasteiger partial charge in [0.2, 0.25) is 40.5 Å². The van der Waals surface area contributed by atoms with Crippen LogP contribution in [0.15, 0.2) is 161 Å². The van der Waals surface area contributed by atoms with Gasteiger partial charge in [-0.05, 0) is 128 Å². The van der Waals surface area contributed by atoms with Crippen LogP contribution < -0.4 is 42.8 Å². The Hall–Kier alpha value is -10.4. The molecule has 8 aliphatic heterocycles. The van der Waals surface area contributed by atoms with Crippen LogP contribution in [0.2, 0.25) is 20.1 Å². The lowest BCUT2D eigenvalue weighted by Gasteiger charge is -2.12. The Kier molecular flexibility index (Phi) is 22.3. The number of para-hydroxylation sites is 2. The van der Waals surface area contributed by atoms with Crippen molar-refractivity contribution >= 4 is 132 Å². The highest BCUT2D eigenvalue weighted by molar-refractivity contribution is 8.00. The van der Waals surface area contributed by atoms with Crippen LogP contribution in [0.5, 0.6) is 46.0 Å². The van der Waals surface area contributed by atoms with Crippen LogP contribution in [0.4, 0.5) is 18.9 Å². The minimum absolute atomic E-state index is 0.00231. The Balaban J connectivity index is 0.000000118. The largest absolute Gasteiger partial charge is 0.497 e. The molecule has 0 aliphatic carbocycles. The molecule has 10 aromatic rings. The number of hydrogen-bond acceptors (Lipinski definition) is 19. The van der Waals surface area contributed by atoms with Crippen LogP contribution in [0, 0.1) is 13.8 Å². The zero-order valence-electron chi connectivity index (χ0n) is 54.5. The summed E-state index contributed by atoms with van der Waals surface area (Å²) < 4.78 is 83.1. The number of fused-ring (bicyclic) bond motifs is 11. The first-order valence-electron chi connectivity index (χ1n) is 30.9. The number of rotatable bonds is 2. The molecular weight excluding hydrogens is 1430 g/mol. The minimum atomic E-state index is -4.42. The zero-order chi connectivity index (χ0) is 72.8. The maximum atomic E-state index is 12.2. The number of alkyl halides is 3. The number of Topliss-reactive ketones (excluding diaryl/α,β-unsaturated/α-hetero) is 8. The van der Waals surface area contributed by atoms with Crippen LogP contribution in [0.25, 0.3) is 21.9 Å². The quantitative estimate of drug-likeness (QED) is 0.157. The van der Waals surface area contributed by atoms with E-state index in [0.29, 0.717) is 99.5 Å². The van der Waals surface area contributed by atoms with Crippen molar-refractivity contribution in [2.45, 2.75) is 24.9 Å². The summed E-state index contributed by atoms with van der Waals surface area (Å²) in [6.45, 7) is 4.40. The summed E-state index contributed by atoms with van der Waals surface area (Å²) in [6, 6.07) is 43.1. The molecule has 0 unspecified atom stereocenters. The molecule has 0 bridgehead atoms. The highest BCUT2D eigenvalue weighted by Gasteiger charge is 2.34. The Morgan fingerprint density at radius 3 is 1.60 bits per heavy atom. The first-order chi connectivity index (χ1) is 48.8. The van der Waals surface area contributed by atoms with Crippen LogP contribution in [0.3, 0.4) is 0 Å². The van der Waals surface area contributed by atoms with E-state index >= 15 is 0 Å². The number of aryl methyl sites for hydroxylation is 1. The predicted molar refractivity (Wildman–Crippen MR) is 378 cm³/mol. The van der Waals surface area contributed by atoms with E-state index in [1.807, 2.05) is 86.6 Å². The van der Waals surface area contributed by atoms with Gasteiger partial charge in [-0.1, -0.05) is 82.8 Å². The van der Waals surface area contributed by atoms with Crippen LogP contribution in [-0.4, -0.2) is 119 Å². The Labute approximate surface area is 604 Å². The van der Waals surface area contributed by atoms with Gasteiger partial charge in [0, 0.05) is 63.2 Å². The van der Waals surface area contributed by atoms with E-state index in [9.17, 15) is 51.5 Å². The van der Waals surface area contributed by atoms with Gasteiger partial charge >= 0.3 is 6.18 Å². The van der Waals surface area contributed by atoms with Crippen molar-refractivity contribution in [3.8, 4) is 46.0 Å². The molecule has 18 rings (SSSR count). The number of ether oxygens (including phenoxy) is 8. The number of thioether (sulfide) groups is 1. The van der Waals surface area contributed by atoms with Gasteiger partial charge in [0.25, 0.3) is 0 Å². The molecule has 0 atom stereocenters. The smallest absolute Gasteiger partial charge is 0.416 e. The first kappa shape index (κ1) is 72.9. The number of hydrogen-bond donors (Lipinski definition) is 0. The van der Waals surface area contributed by atoms with Gasteiger partial charge in [-0.15, -0.1) is 11.8 Å². The molecule has 9 heterocycles. The van der Waals surface area contributed by atoms with Gasteiger partial charge in [0.05, 0.1) is 67.4 Å². The Morgan fingerprint density at radius 2 is 0.971 bits per heavy atom. The van der Waals surface area contributed by atoms with Crippen LogP contribution in [-0.2, 0) is 6.18 Å². The van der Waals surface area contributed by atoms with Gasteiger partial charge in [-0.3, -0.25) is 38.4 Å². The van der Waals surface area contributed by atoms with Gasteiger partial charge < -0.3 is 47.2 Å². The molecule has 18 nitrogen and oxygen atoms in total. The van der Waals surface area contributed by atoms with Crippen molar-refractivity contribution in [1.82, 2.24) is 0 Å². The van der Waals surface area contributed by atoms with Crippen molar-refractivity contribution in [2.75, 3.05) is 78.1 Å². The molecular formula is C76H56Cl4F3NO17S. The van der Waals surface area contributed by atoms with Gasteiger partial charge in [-0.25, -0.2) is 0 Å². The molecule has 8 aliphatic rings. The Bertz CT molecular complexity index is 5070. The summed E-state index contributed by atoms with van der Waals surface area (Å²) in [6.07, 6.45) is -4.42. The molecule has 0 saturated heterocycles. The number of carbonyl (C=O) groups excluding carboxylic acids is 8. The zero-order valence-corrected chi connectivity index (χ0v) is 58.4. The summed E-state index contributed by atoms with van der Waals surface area (Å²) >= 11 is 24.8. The predicted octanol–water partition coefficient (Wildman–Crippen LogP) is 17.0. The SMILES string of the molecule is CN(C)c1ccc2c(c1)OCC2=O.COc1ccc2c(c1)OCC2=O.Cc1c(Cl)cc(Cl)c2c1C(=O)CO2.Cc1ccc(Cl)c2c1OCC2=O.O=C1COc2ccc(C(F)(F)F)cc21.O=C1COc2ccc(Cl)cc21.O=C1COc2ccccc21.O=C1CSc2cc3c(cc21)oc1ccccc13. The molecule has 9 aromatic carbocycles. The summed E-state index contributed by atoms with van der Waals surface area (Å²) in [5.41, 5.74) is 8.15. The third-order valence-corrected chi connectivity index (χ3v) is 18.5. The number of nitrogens with zero attached hydrogens (tertiary/aromatic N) is 1. The minimum Gasteiger partial charge on any atom is -0.497 e. The lowest BCUT2D eigenvalue weighted by Crippen LogP contribution is -2.08. The maximum absolute atomic E-state index is 12.2.